The second-order valence-corrected chi connectivity index (χ2v) is 9.16. The van der Waals surface area contributed by atoms with Gasteiger partial charge in [-0.3, -0.25) is 9.48 Å². The number of halogens is 2. The topological polar surface area (TPSA) is 105 Å². The number of rotatable bonds is 4. The van der Waals surface area contributed by atoms with Crippen LogP contribution in [0.15, 0.2) is 24.5 Å². The molecule has 0 bridgehead atoms. The summed E-state index contributed by atoms with van der Waals surface area (Å²) in [4.78, 5) is 11.1. The van der Waals surface area contributed by atoms with E-state index in [0.29, 0.717) is 16.4 Å². The van der Waals surface area contributed by atoms with Gasteiger partial charge in [-0.25, -0.2) is 13.4 Å². The number of alkyl halides is 1. The van der Waals surface area contributed by atoms with Crippen LogP contribution in [0.3, 0.4) is 0 Å². The van der Waals surface area contributed by atoms with Crippen LogP contribution in [0.2, 0.25) is 0 Å². The number of carbonyl (C=O) groups is 1. The van der Waals surface area contributed by atoms with Crippen LogP contribution in [-0.4, -0.2) is 40.6 Å². The molecule has 27 heavy (non-hydrogen) atoms. The first-order valence-corrected chi connectivity index (χ1v) is 10.1. The highest BCUT2D eigenvalue weighted by Crippen LogP contribution is 2.41. The highest BCUT2D eigenvalue weighted by Gasteiger charge is 2.38. The lowest BCUT2D eigenvalue weighted by Crippen LogP contribution is -2.35. The van der Waals surface area contributed by atoms with Crippen LogP contribution < -0.4 is 9.03 Å². The van der Waals surface area contributed by atoms with Gasteiger partial charge in [0.2, 0.25) is 0 Å². The Kier molecular flexibility index (Phi) is 4.08. The maximum absolute atomic E-state index is 15.1. The quantitative estimate of drug-likeness (QED) is 0.741. The summed E-state index contributed by atoms with van der Waals surface area (Å²) >= 11 is 6.43. The average Bonchev–Trinajstić information content (AvgIpc) is 3.10. The molecule has 2 aromatic rings. The molecule has 2 heterocycles. The number of nitrogens with zero attached hydrogens (tertiary/aromatic N) is 3. The molecule has 1 saturated heterocycles. The van der Waals surface area contributed by atoms with Crippen molar-refractivity contribution in [1.29, 1.82) is 0 Å². The molecule has 2 N–H and O–H groups in total. The van der Waals surface area contributed by atoms with E-state index < -0.39 is 39.9 Å². The van der Waals surface area contributed by atoms with Crippen molar-refractivity contribution in [1.82, 2.24) is 14.5 Å². The number of nitrogens with one attached hydrogen (secondary N) is 1. The molecule has 8 nitrogen and oxygen atoms in total. The molecule has 2 fully saturated rings. The van der Waals surface area contributed by atoms with Gasteiger partial charge in [-0.1, -0.05) is 0 Å². The van der Waals surface area contributed by atoms with E-state index in [4.69, 9.17) is 11.6 Å². The zero-order valence-electron chi connectivity index (χ0n) is 14.0. The summed E-state index contributed by atoms with van der Waals surface area (Å²) in [6, 6.07) is 2.51. The molecule has 1 amide bonds. The number of hydrogen-bond acceptors (Lipinski definition) is 5. The third-order valence-corrected chi connectivity index (χ3v) is 6.68. The Morgan fingerprint density at radius 3 is 2.70 bits per heavy atom. The minimum atomic E-state index is -4.25. The second-order valence-electron chi connectivity index (χ2n) is 6.76. The molecule has 4 rings (SSSR count). The first-order valence-electron chi connectivity index (χ1n) is 8.25. The molecular formula is C16H16ClFN4O4S. The lowest BCUT2D eigenvalue weighted by molar-refractivity contribution is -0.117. The summed E-state index contributed by atoms with van der Waals surface area (Å²) in [5, 5.41) is 14.2. The minimum absolute atomic E-state index is 0.0563. The molecule has 1 saturated carbocycles. The van der Waals surface area contributed by atoms with E-state index in [1.807, 2.05) is 0 Å². The fourth-order valence-corrected chi connectivity index (χ4v) is 4.81. The molecule has 1 aromatic carbocycles. The normalized spacial score (nSPS) is 20.4. The SMILES string of the molecule is O=C1CN(c2c(O)ccc(-c3cnn(CC4(Cl)CCC4)c3)c2F)S(=O)(=O)N1. The zero-order valence-corrected chi connectivity index (χ0v) is 15.6. The zero-order chi connectivity index (χ0) is 19.4. The first kappa shape index (κ1) is 18.1. The number of hydrogen-bond donors (Lipinski definition) is 2. The smallest absolute Gasteiger partial charge is 0.326 e. The monoisotopic (exact) mass is 414 g/mol. The minimum Gasteiger partial charge on any atom is -0.506 e. The van der Waals surface area contributed by atoms with Crippen LogP contribution in [0.5, 0.6) is 5.75 Å². The standard InChI is InChI=1S/C16H16ClFN4O4S/c17-16(4-1-5-16)9-21-7-10(6-19-21)11-2-3-12(23)15(14(11)18)22-8-13(24)20-27(22,25)26/h2-3,6-7,23H,1,4-5,8-9H2,(H,20,24). The van der Waals surface area contributed by atoms with Crippen LogP contribution >= 0.6 is 11.6 Å². The second kappa shape index (κ2) is 6.10. The fraction of sp³-hybridized carbons (Fsp3) is 0.375. The van der Waals surface area contributed by atoms with E-state index in [1.54, 1.807) is 15.6 Å². The van der Waals surface area contributed by atoms with Crippen LogP contribution in [0.25, 0.3) is 11.1 Å². The molecule has 1 aliphatic heterocycles. The van der Waals surface area contributed by atoms with Crippen LogP contribution in [-0.2, 0) is 21.5 Å². The lowest BCUT2D eigenvalue weighted by Gasteiger charge is -2.35. The largest absolute Gasteiger partial charge is 0.506 e. The Morgan fingerprint density at radius 2 is 2.11 bits per heavy atom. The molecular weight excluding hydrogens is 399 g/mol. The van der Waals surface area contributed by atoms with Gasteiger partial charge in [-0.15, -0.1) is 11.6 Å². The maximum Gasteiger partial charge on any atom is 0.326 e. The maximum atomic E-state index is 15.1. The Balaban J connectivity index is 1.71. The van der Waals surface area contributed by atoms with Crippen molar-refractivity contribution < 1.29 is 22.7 Å². The van der Waals surface area contributed by atoms with Gasteiger partial charge < -0.3 is 5.11 Å². The van der Waals surface area contributed by atoms with Crippen molar-refractivity contribution in [2.45, 2.75) is 30.7 Å². The average molecular weight is 415 g/mol. The highest BCUT2D eigenvalue weighted by molar-refractivity contribution is 7.92. The van der Waals surface area contributed by atoms with Crippen LogP contribution in [0.1, 0.15) is 19.3 Å². The molecule has 0 unspecified atom stereocenters. The molecule has 0 atom stereocenters. The van der Waals surface area contributed by atoms with Crippen molar-refractivity contribution in [2.24, 2.45) is 0 Å². The predicted molar refractivity (Wildman–Crippen MR) is 96.1 cm³/mol. The van der Waals surface area contributed by atoms with Crippen LogP contribution in [0, 0.1) is 5.82 Å². The van der Waals surface area contributed by atoms with E-state index in [1.165, 1.54) is 18.3 Å². The number of carbonyl (C=O) groups excluding carboxylic acids is 1. The molecule has 144 valence electrons. The molecule has 1 aromatic heterocycles. The number of aromatic nitrogens is 2. The Hall–Kier alpha value is -2.33. The lowest BCUT2D eigenvalue weighted by atomic mass is 9.84. The van der Waals surface area contributed by atoms with Crippen molar-refractivity contribution in [2.75, 3.05) is 10.8 Å². The van der Waals surface area contributed by atoms with Gasteiger partial charge in [0.15, 0.2) is 5.82 Å². The summed E-state index contributed by atoms with van der Waals surface area (Å²) in [5.74, 6) is -2.35. The fourth-order valence-electron chi connectivity index (χ4n) is 3.26. The van der Waals surface area contributed by atoms with Gasteiger partial charge in [0.1, 0.15) is 18.0 Å². The predicted octanol–water partition coefficient (Wildman–Crippen LogP) is 1.74. The van der Waals surface area contributed by atoms with Gasteiger partial charge in [0, 0.05) is 17.3 Å². The van der Waals surface area contributed by atoms with E-state index >= 15 is 4.39 Å². The Bertz CT molecular complexity index is 1040. The van der Waals surface area contributed by atoms with Crippen LogP contribution in [0.4, 0.5) is 10.1 Å². The van der Waals surface area contributed by atoms with Gasteiger partial charge >= 0.3 is 10.2 Å². The van der Waals surface area contributed by atoms with Gasteiger partial charge in [0.25, 0.3) is 5.91 Å². The van der Waals surface area contributed by atoms with E-state index in [9.17, 15) is 18.3 Å². The van der Waals surface area contributed by atoms with Gasteiger partial charge in [0.05, 0.1) is 17.6 Å². The summed E-state index contributed by atoms with van der Waals surface area (Å²) < 4.78 is 43.0. The van der Waals surface area contributed by atoms with E-state index in [2.05, 4.69) is 5.10 Å². The van der Waals surface area contributed by atoms with E-state index in [-0.39, 0.29) is 10.4 Å². The Morgan fingerprint density at radius 1 is 1.37 bits per heavy atom. The first-order chi connectivity index (χ1) is 12.7. The summed E-state index contributed by atoms with van der Waals surface area (Å²) in [5.41, 5.74) is -0.114. The van der Waals surface area contributed by atoms with Crippen molar-refractivity contribution >= 4 is 33.4 Å². The number of anilines is 1. The van der Waals surface area contributed by atoms with Gasteiger partial charge in [-0.2, -0.15) is 13.5 Å². The number of amides is 1. The highest BCUT2D eigenvalue weighted by atomic mass is 35.5. The molecule has 0 radical (unpaired) electrons. The number of phenols is 1. The third kappa shape index (κ3) is 3.12. The van der Waals surface area contributed by atoms with E-state index in [0.717, 1.165) is 19.3 Å². The number of phenolic OH excluding ortho intramolecular Hbond substituents is 1. The molecule has 0 spiro atoms. The van der Waals surface area contributed by atoms with Crippen molar-refractivity contribution in [3.8, 4) is 16.9 Å². The summed E-state index contributed by atoms with van der Waals surface area (Å²) in [7, 11) is -4.25. The van der Waals surface area contributed by atoms with Crippen molar-refractivity contribution in [3.05, 3.63) is 30.3 Å². The molecule has 11 heteroatoms. The van der Waals surface area contributed by atoms with Gasteiger partial charge in [-0.05, 0) is 31.4 Å². The summed E-state index contributed by atoms with van der Waals surface area (Å²) in [6.07, 6.45) is 5.89. The van der Waals surface area contributed by atoms with Crippen molar-refractivity contribution in [3.63, 3.8) is 0 Å². The number of aromatic hydroxyl groups is 1. The molecule has 1 aliphatic carbocycles. The molecule has 2 aliphatic rings. The third-order valence-electron chi connectivity index (χ3n) is 4.80. The summed E-state index contributed by atoms with van der Waals surface area (Å²) in [6.45, 7) is -0.121. The Labute approximate surface area is 159 Å². The number of benzene rings is 1.